The van der Waals surface area contributed by atoms with Gasteiger partial charge in [-0.25, -0.2) is 0 Å². The Morgan fingerprint density at radius 2 is 1.77 bits per heavy atom. The molecule has 0 bridgehead atoms. The third-order valence-electron chi connectivity index (χ3n) is 6.38. The number of carboxylic acids is 1. The average molecular weight is 491 g/mol. The number of non-ortho nitro benzene ring substituents is 1. The SMILES string of the molecule is Cl.NC1CCc2ccc(Oc3ccc([N+](=O)[O-])cc3-c3cccc4ccccc34)cc2C1C(=O)O. The van der Waals surface area contributed by atoms with E-state index in [1.807, 2.05) is 48.5 Å². The molecule has 4 aromatic rings. The molecule has 0 radical (unpaired) electrons. The fourth-order valence-corrected chi connectivity index (χ4v) is 4.71. The Morgan fingerprint density at radius 1 is 1.00 bits per heavy atom. The van der Waals surface area contributed by atoms with Crippen LogP contribution in [0.15, 0.2) is 78.9 Å². The summed E-state index contributed by atoms with van der Waals surface area (Å²) in [6.07, 6.45) is 1.32. The van der Waals surface area contributed by atoms with Crippen LogP contribution < -0.4 is 10.5 Å². The number of ether oxygens (including phenoxy) is 1. The fourth-order valence-electron chi connectivity index (χ4n) is 4.71. The molecule has 1 aliphatic rings. The number of rotatable bonds is 5. The molecule has 5 rings (SSSR count). The molecule has 178 valence electrons. The maximum atomic E-state index is 11.9. The van der Waals surface area contributed by atoms with Crippen molar-refractivity contribution in [2.75, 3.05) is 0 Å². The highest BCUT2D eigenvalue weighted by molar-refractivity contribution is 5.98. The molecule has 0 aliphatic heterocycles. The molecule has 0 fully saturated rings. The van der Waals surface area contributed by atoms with Crippen LogP contribution in [-0.4, -0.2) is 22.0 Å². The lowest BCUT2D eigenvalue weighted by atomic mass is 9.79. The third kappa shape index (κ3) is 4.56. The fraction of sp³-hybridized carbons (Fsp3) is 0.148. The summed E-state index contributed by atoms with van der Waals surface area (Å²) in [5.41, 5.74) is 9.04. The molecule has 0 aromatic heterocycles. The number of aryl methyl sites for hydroxylation is 1. The summed E-state index contributed by atoms with van der Waals surface area (Å²) >= 11 is 0. The van der Waals surface area contributed by atoms with Crippen molar-refractivity contribution in [1.82, 2.24) is 0 Å². The zero-order chi connectivity index (χ0) is 23.8. The summed E-state index contributed by atoms with van der Waals surface area (Å²) in [6, 6.07) is 23.0. The van der Waals surface area contributed by atoms with E-state index in [2.05, 4.69) is 0 Å². The Morgan fingerprint density at radius 3 is 2.54 bits per heavy atom. The van der Waals surface area contributed by atoms with Crippen molar-refractivity contribution in [1.29, 1.82) is 0 Å². The molecule has 0 saturated heterocycles. The number of halogens is 1. The smallest absolute Gasteiger partial charge is 0.312 e. The molecule has 0 spiro atoms. The maximum Gasteiger partial charge on any atom is 0.312 e. The van der Waals surface area contributed by atoms with Crippen LogP contribution in [0.1, 0.15) is 23.5 Å². The quantitative estimate of drug-likeness (QED) is 0.259. The van der Waals surface area contributed by atoms with E-state index in [1.165, 1.54) is 12.1 Å². The van der Waals surface area contributed by atoms with Crippen LogP contribution in [0, 0.1) is 10.1 Å². The van der Waals surface area contributed by atoms with Crippen molar-refractivity contribution in [3.05, 3.63) is 100 Å². The number of aliphatic carboxylic acids is 1. The summed E-state index contributed by atoms with van der Waals surface area (Å²) in [7, 11) is 0. The predicted octanol–water partition coefficient (Wildman–Crippen LogP) is 6.07. The van der Waals surface area contributed by atoms with Crippen molar-refractivity contribution in [3.8, 4) is 22.6 Å². The van der Waals surface area contributed by atoms with Gasteiger partial charge in [0.1, 0.15) is 11.5 Å². The molecule has 0 amide bonds. The van der Waals surface area contributed by atoms with E-state index >= 15 is 0 Å². The van der Waals surface area contributed by atoms with Gasteiger partial charge < -0.3 is 15.6 Å². The molecule has 35 heavy (non-hydrogen) atoms. The summed E-state index contributed by atoms with van der Waals surface area (Å²) in [5.74, 6) is -0.873. The molecule has 1 aliphatic carbocycles. The van der Waals surface area contributed by atoms with E-state index in [0.717, 1.165) is 21.9 Å². The molecule has 8 heteroatoms. The highest BCUT2D eigenvalue weighted by Gasteiger charge is 2.33. The van der Waals surface area contributed by atoms with Crippen molar-refractivity contribution < 1.29 is 19.6 Å². The van der Waals surface area contributed by atoms with Crippen LogP contribution >= 0.6 is 12.4 Å². The molecule has 2 unspecified atom stereocenters. The number of carbonyl (C=O) groups is 1. The van der Waals surface area contributed by atoms with Crippen molar-refractivity contribution in [2.24, 2.45) is 5.73 Å². The van der Waals surface area contributed by atoms with Gasteiger partial charge in [0.2, 0.25) is 0 Å². The lowest BCUT2D eigenvalue weighted by molar-refractivity contribution is -0.384. The first kappa shape index (κ1) is 24.2. The monoisotopic (exact) mass is 490 g/mol. The Bertz CT molecular complexity index is 1430. The summed E-state index contributed by atoms with van der Waals surface area (Å²) < 4.78 is 6.22. The highest BCUT2D eigenvalue weighted by Crippen LogP contribution is 2.41. The first-order chi connectivity index (χ1) is 16.4. The van der Waals surface area contributed by atoms with Crippen LogP contribution in [0.5, 0.6) is 11.5 Å². The first-order valence-electron chi connectivity index (χ1n) is 11.0. The highest BCUT2D eigenvalue weighted by atomic mass is 35.5. The van der Waals surface area contributed by atoms with Crippen molar-refractivity contribution in [2.45, 2.75) is 24.8 Å². The number of hydrogen-bond donors (Lipinski definition) is 2. The van der Waals surface area contributed by atoms with Crippen LogP contribution in [0.25, 0.3) is 21.9 Å². The van der Waals surface area contributed by atoms with Crippen LogP contribution in [-0.2, 0) is 11.2 Å². The number of nitro benzene ring substituents is 1. The Hall–Kier alpha value is -3.94. The lowest BCUT2D eigenvalue weighted by Gasteiger charge is -2.28. The number of benzene rings is 4. The lowest BCUT2D eigenvalue weighted by Crippen LogP contribution is -2.37. The molecular weight excluding hydrogens is 468 g/mol. The Kier molecular flexibility index (Phi) is 6.73. The van der Waals surface area contributed by atoms with Gasteiger partial charge in [-0.05, 0) is 58.5 Å². The van der Waals surface area contributed by atoms with Crippen molar-refractivity contribution >= 4 is 34.8 Å². The standard InChI is InChI=1S/C27H22N2O5.ClH/c28-24-12-9-17-8-11-19(15-22(17)26(24)27(30)31)34-25-13-10-18(29(32)33)14-23(25)21-7-3-5-16-4-1-2-6-20(16)21;/h1-8,10-11,13-15,24,26H,9,12,28H2,(H,30,31);1H. The Labute approximate surface area is 207 Å². The second kappa shape index (κ2) is 9.74. The minimum atomic E-state index is -0.961. The zero-order valence-electron chi connectivity index (χ0n) is 18.6. The third-order valence-corrected chi connectivity index (χ3v) is 6.38. The Balaban J connectivity index is 0.00000289. The minimum absolute atomic E-state index is 0. The molecule has 4 aromatic carbocycles. The van der Waals surface area contributed by atoms with Gasteiger partial charge in [0, 0.05) is 23.7 Å². The largest absolute Gasteiger partial charge is 0.481 e. The van der Waals surface area contributed by atoms with E-state index in [4.69, 9.17) is 10.5 Å². The molecule has 3 N–H and O–H groups in total. The van der Waals surface area contributed by atoms with Crippen LogP contribution in [0.2, 0.25) is 0 Å². The van der Waals surface area contributed by atoms with Gasteiger partial charge in [-0.3, -0.25) is 14.9 Å². The zero-order valence-corrected chi connectivity index (χ0v) is 19.4. The van der Waals surface area contributed by atoms with Gasteiger partial charge in [0.05, 0.1) is 10.8 Å². The van der Waals surface area contributed by atoms with E-state index < -0.39 is 22.9 Å². The summed E-state index contributed by atoms with van der Waals surface area (Å²) in [4.78, 5) is 22.9. The van der Waals surface area contributed by atoms with E-state index in [1.54, 1.807) is 18.2 Å². The van der Waals surface area contributed by atoms with E-state index in [-0.39, 0.29) is 18.1 Å². The van der Waals surface area contributed by atoms with E-state index in [0.29, 0.717) is 35.5 Å². The van der Waals surface area contributed by atoms with Gasteiger partial charge in [0.25, 0.3) is 5.69 Å². The molecule has 7 nitrogen and oxygen atoms in total. The second-order valence-electron chi connectivity index (χ2n) is 8.45. The average Bonchev–Trinajstić information content (AvgIpc) is 2.83. The van der Waals surface area contributed by atoms with Crippen LogP contribution in [0.3, 0.4) is 0 Å². The molecule has 0 heterocycles. The molecule has 2 atom stereocenters. The molecular formula is C27H23ClN2O5. The minimum Gasteiger partial charge on any atom is -0.481 e. The normalized spacial score (nSPS) is 16.7. The van der Waals surface area contributed by atoms with Gasteiger partial charge in [-0.15, -0.1) is 12.4 Å². The van der Waals surface area contributed by atoms with Gasteiger partial charge in [-0.2, -0.15) is 0 Å². The van der Waals surface area contributed by atoms with Crippen LogP contribution in [0.4, 0.5) is 5.69 Å². The number of fused-ring (bicyclic) bond motifs is 2. The number of hydrogen-bond acceptors (Lipinski definition) is 5. The summed E-state index contributed by atoms with van der Waals surface area (Å²) in [5, 5.41) is 23.2. The molecule has 0 saturated carbocycles. The number of carboxylic acid groups (broad SMARTS) is 1. The first-order valence-corrected chi connectivity index (χ1v) is 11.0. The predicted molar refractivity (Wildman–Crippen MR) is 136 cm³/mol. The second-order valence-corrected chi connectivity index (χ2v) is 8.45. The van der Waals surface area contributed by atoms with Gasteiger partial charge >= 0.3 is 5.97 Å². The topological polar surface area (TPSA) is 116 Å². The van der Waals surface area contributed by atoms with Crippen molar-refractivity contribution in [3.63, 3.8) is 0 Å². The van der Waals surface area contributed by atoms with E-state index in [9.17, 15) is 20.0 Å². The number of nitrogens with zero attached hydrogens (tertiary/aromatic N) is 1. The number of nitro groups is 1. The van der Waals surface area contributed by atoms with Gasteiger partial charge in [-0.1, -0.05) is 48.5 Å². The maximum absolute atomic E-state index is 11.9. The summed E-state index contributed by atoms with van der Waals surface area (Å²) in [6.45, 7) is 0. The number of nitrogens with two attached hydrogens (primary N) is 1. The van der Waals surface area contributed by atoms with Gasteiger partial charge in [0.15, 0.2) is 0 Å².